The van der Waals surface area contributed by atoms with Crippen molar-refractivity contribution in [1.82, 2.24) is 0 Å². The molecular weight excluding hydrogens is 138 g/mol. The quantitative estimate of drug-likeness (QED) is 0.598. The fourth-order valence-electron chi connectivity index (χ4n) is 1.01. The van der Waals surface area contributed by atoms with Gasteiger partial charge in [-0.1, -0.05) is 26.2 Å². The zero-order valence-electron chi connectivity index (χ0n) is 7.21. The van der Waals surface area contributed by atoms with Crippen LogP contribution in [0, 0.1) is 11.3 Å². The van der Waals surface area contributed by atoms with E-state index in [1.165, 1.54) is 12.8 Å². The lowest BCUT2D eigenvalue weighted by molar-refractivity contribution is 0.152. The topological polar surface area (TPSA) is 44.0 Å². The number of hydrogen-bond acceptors (Lipinski definition) is 2. The van der Waals surface area contributed by atoms with Crippen LogP contribution >= 0.6 is 0 Å². The van der Waals surface area contributed by atoms with Crippen molar-refractivity contribution in [2.45, 2.75) is 51.6 Å². The Kier molecular flexibility index (Phi) is 7.18. The molecule has 0 rings (SSSR count). The molecule has 0 aromatic rings. The van der Waals surface area contributed by atoms with Gasteiger partial charge in [-0.2, -0.15) is 5.26 Å². The van der Waals surface area contributed by atoms with Crippen molar-refractivity contribution in [3.63, 3.8) is 0 Å². The van der Waals surface area contributed by atoms with Gasteiger partial charge >= 0.3 is 0 Å². The van der Waals surface area contributed by atoms with Crippen LogP contribution in [0.2, 0.25) is 0 Å². The molecule has 1 N–H and O–H groups in total. The summed E-state index contributed by atoms with van der Waals surface area (Å²) in [6, 6.07) is 2.03. The molecule has 0 saturated heterocycles. The monoisotopic (exact) mass is 155 g/mol. The van der Waals surface area contributed by atoms with Crippen LogP contribution in [0.4, 0.5) is 0 Å². The smallest absolute Gasteiger partial charge is 0.0622 e. The summed E-state index contributed by atoms with van der Waals surface area (Å²) in [7, 11) is 0. The summed E-state index contributed by atoms with van der Waals surface area (Å²) in [5, 5.41) is 17.5. The van der Waals surface area contributed by atoms with Crippen molar-refractivity contribution >= 4 is 0 Å². The Morgan fingerprint density at radius 2 is 2.09 bits per heavy atom. The van der Waals surface area contributed by atoms with E-state index in [2.05, 4.69) is 6.92 Å². The Labute approximate surface area is 68.8 Å². The molecule has 0 heterocycles. The second-order valence-corrected chi connectivity index (χ2v) is 2.85. The molecule has 1 unspecified atom stereocenters. The molecule has 0 aromatic carbocycles. The minimum Gasteiger partial charge on any atom is -0.393 e. The van der Waals surface area contributed by atoms with Crippen LogP contribution in [0.15, 0.2) is 0 Å². The van der Waals surface area contributed by atoms with Crippen LogP contribution in [-0.4, -0.2) is 11.2 Å². The Bertz CT molecular complexity index is 117. The second-order valence-electron chi connectivity index (χ2n) is 2.85. The third-order valence-electron chi connectivity index (χ3n) is 1.73. The number of rotatable bonds is 6. The lowest BCUT2D eigenvalue weighted by Crippen LogP contribution is -2.05. The van der Waals surface area contributed by atoms with E-state index in [1.54, 1.807) is 0 Å². The molecule has 64 valence electrons. The first-order chi connectivity index (χ1) is 5.31. The third-order valence-corrected chi connectivity index (χ3v) is 1.73. The highest BCUT2D eigenvalue weighted by molar-refractivity contribution is 4.71. The molecule has 0 radical (unpaired) electrons. The van der Waals surface area contributed by atoms with Crippen LogP contribution in [0.3, 0.4) is 0 Å². The van der Waals surface area contributed by atoms with E-state index in [-0.39, 0.29) is 6.10 Å². The van der Waals surface area contributed by atoms with Gasteiger partial charge in [0.1, 0.15) is 0 Å². The van der Waals surface area contributed by atoms with E-state index in [0.717, 1.165) is 12.8 Å². The molecule has 2 heteroatoms. The van der Waals surface area contributed by atoms with Crippen molar-refractivity contribution in [2.75, 3.05) is 0 Å². The fraction of sp³-hybridized carbons (Fsp3) is 0.889. The van der Waals surface area contributed by atoms with Gasteiger partial charge in [-0.15, -0.1) is 0 Å². The molecule has 0 saturated carbocycles. The Morgan fingerprint density at radius 1 is 1.36 bits per heavy atom. The maximum Gasteiger partial charge on any atom is 0.0622 e. The summed E-state index contributed by atoms with van der Waals surface area (Å²) < 4.78 is 0. The highest BCUT2D eigenvalue weighted by atomic mass is 16.3. The number of nitrogens with zero attached hydrogens (tertiary/aromatic N) is 1. The van der Waals surface area contributed by atoms with Crippen LogP contribution in [0.5, 0.6) is 0 Å². The first-order valence-corrected chi connectivity index (χ1v) is 4.36. The first kappa shape index (κ1) is 10.4. The van der Waals surface area contributed by atoms with Crippen LogP contribution in [0.1, 0.15) is 45.4 Å². The maximum absolute atomic E-state index is 9.26. The Morgan fingerprint density at radius 3 is 2.64 bits per heavy atom. The SMILES string of the molecule is CCCCCC(O)CCC#N. The maximum atomic E-state index is 9.26. The summed E-state index contributed by atoms with van der Waals surface area (Å²) in [4.78, 5) is 0. The number of nitriles is 1. The molecular formula is C9H17NO. The standard InChI is InChI=1S/C9H17NO/c1-2-3-4-6-9(11)7-5-8-10/h9,11H,2-7H2,1H3. The highest BCUT2D eigenvalue weighted by Gasteiger charge is 2.01. The molecule has 0 spiro atoms. The van der Waals surface area contributed by atoms with Gasteiger partial charge in [0.2, 0.25) is 0 Å². The minimum atomic E-state index is -0.249. The lowest BCUT2D eigenvalue weighted by atomic mass is 10.1. The summed E-state index contributed by atoms with van der Waals surface area (Å²) >= 11 is 0. The number of aliphatic hydroxyl groups is 1. The normalized spacial score (nSPS) is 12.5. The van der Waals surface area contributed by atoms with Gasteiger partial charge in [0, 0.05) is 6.42 Å². The molecule has 0 aromatic heterocycles. The summed E-state index contributed by atoms with van der Waals surface area (Å²) in [5.74, 6) is 0. The van der Waals surface area contributed by atoms with E-state index in [4.69, 9.17) is 5.26 Å². The van der Waals surface area contributed by atoms with Gasteiger partial charge in [-0.3, -0.25) is 0 Å². The highest BCUT2D eigenvalue weighted by Crippen LogP contribution is 2.07. The molecule has 1 atom stereocenters. The predicted octanol–water partition coefficient (Wildman–Crippen LogP) is 2.23. The molecule has 0 fully saturated rings. The summed E-state index contributed by atoms with van der Waals surface area (Å²) in [5.41, 5.74) is 0. The van der Waals surface area contributed by atoms with Gasteiger partial charge in [-0.25, -0.2) is 0 Å². The van der Waals surface area contributed by atoms with Crippen LogP contribution in [-0.2, 0) is 0 Å². The summed E-state index contributed by atoms with van der Waals surface area (Å²) in [6.07, 6.45) is 5.18. The minimum absolute atomic E-state index is 0.249. The van der Waals surface area contributed by atoms with Gasteiger partial charge in [0.05, 0.1) is 12.2 Å². The van der Waals surface area contributed by atoms with E-state index < -0.39 is 0 Å². The Hall–Kier alpha value is -0.550. The van der Waals surface area contributed by atoms with Gasteiger partial charge < -0.3 is 5.11 Å². The van der Waals surface area contributed by atoms with Crippen molar-refractivity contribution < 1.29 is 5.11 Å². The first-order valence-electron chi connectivity index (χ1n) is 4.36. The molecule has 0 aliphatic heterocycles. The molecule has 0 amide bonds. The summed E-state index contributed by atoms with van der Waals surface area (Å²) in [6.45, 7) is 2.14. The zero-order chi connectivity index (χ0) is 8.53. The number of aliphatic hydroxyl groups excluding tert-OH is 1. The average Bonchev–Trinajstić information content (AvgIpc) is 2.01. The number of hydrogen-bond donors (Lipinski definition) is 1. The van der Waals surface area contributed by atoms with Crippen molar-refractivity contribution in [1.29, 1.82) is 5.26 Å². The van der Waals surface area contributed by atoms with E-state index in [9.17, 15) is 5.11 Å². The van der Waals surface area contributed by atoms with Crippen molar-refractivity contribution in [3.8, 4) is 6.07 Å². The Balaban J connectivity index is 3.10. The number of unbranched alkanes of at least 4 members (excludes halogenated alkanes) is 2. The largest absolute Gasteiger partial charge is 0.393 e. The van der Waals surface area contributed by atoms with Crippen molar-refractivity contribution in [3.05, 3.63) is 0 Å². The molecule has 11 heavy (non-hydrogen) atoms. The van der Waals surface area contributed by atoms with Crippen LogP contribution < -0.4 is 0 Å². The van der Waals surface area contributed by atoms with Crippen molar-refractivity contribution in [2.24, 2.45) is 0 Å². The van der Waals surface area contributed by atoms with Crippen LogP contribution in [0.25, 0.3) is 0 Å². The molecule has 0 aliphatic carbocycles. The molecule has 2 nitrogen and oxygen atoms in total. The van der Waals surface area contributed by atoms with Gasteiger partial charge in [-0.05, 0) is 12.8 Å². The average molecular weight is 155 g/mol. The molecule has 0 bridgehead atoms. The zero-order valence-corrected chi connectivity index (χ0v) is 7.21. The lowest BCUT2D eigenvalue weighted by Gasteiger charge is -2.06. The molecule has 0 aliphatic rings. The fourth-order valence-corrected chi connectivity index (χ4v) is 1.01. The van der Waals surface area contributed by atoms with E-state index >= 15 is 0 Å². The van der Waals surface area contributed by atoms with Gasteiger partial charge in [0.15, 0.2) is 0 Å². The van der Waals surface area contributed by atoms with E-state index in [1.807, 2.05) is 6.07 Å². The second kappa shape index (κ2) is 7.56. The van der Waals surface area contributed by atoms with E-state index in [0.29, 0.717) is 12.8 Å². The predicted molar refractivity (Wildman–Crippen MR) is 45.0 cm³/mol. The van der Waals surface area contributed by atoms with Gasteiger partial charge in [0.25, 0.3) is 0 Å². The third kappa shape index (κ3) is 7.35.